The molecule has 1 fully saturated rings. The summed E-state index contributed by atoms with van der Waals surface area (Å²) in [5.74, 6) is 0.772. The number of carbonyl (C=O) groups excluding carboxylic acids is 2. The molecule has 2 heterocycles. The van der Waals surface area contributed by atoms with Gasteiger partial charge in [-0.05, 0) is 18.2 Å². The largest absolute Gasteiger partial charge is 0.491 e. The molecule has 0 aliphatic carbocycles. The van der Waals surface area contributed by atoms with Gasteiger partial charge in [-0.1, -0.05) is 0 Å². The summed E-state index contributed by atoms with van der Waals surface area (Å²) in [6.07, 6.45) is 0. The van der Waals surface area contributed by atoms with Crippen LogP contribution in [0.1, 0.15) is 22.8 Å². The topological polar surface area (TPSA) is 59.1 Å². The van der Waals surface area contributed by atoms with Gasteiger partial charge in [0.1, 0.15) is 12.4 Å². The molecule has 2 aliphatic rings. The number of ether oxygens (including phenoxy) is 2. The summed E-state index contributed by atoms with van der Waals surface area (Å²) >= 11 is 0. The molecule has 2 aliphatic heterocycles. The van der Waals surface area contributed by atoms with Crippen molar-refractivity contribution in [2.24, 2.45) is 0 Å². The van der Waals surface area contributed by atoms with E-state index in [-0.39, 0.29) is 11.8 Å². The highest BCUT2D eigenvalue weighted by Crippen LogP contribution is 2.25. The summed E-state index contributed by atoms with van der Waals surface area (Å²) < 4.78 is 10.9. The highest BCUT2D eigenvalue weighted by molar-refractivity contribution is 5.94. The van der Waals surface area contributed by atoms with Gasteiger partial charge in [-0.3, -0.25) is 9.59 Å². The monoisotopic (exact) mass is 304 g/mol. The van der Waals surface area contributed by atoms with Crippen molar-refractivity contribution in [3.05, 3.63) is 29.3 Å². The zero-order valence-electron chi connectivity index (χ0n) is 12.7. The predicted molar refractivity (Wildman–Crippen MR) is 79.8 cm³/mol. The Hall–Kier alpha value is -2.08. The van der Waals surface area contributed by atoms with Crippen LogP contribution in [0.5, 0.6) is 5.75 Å². The first kappa shape index (κ1) is 14.8. The van der Waals surface area contributed by atoms with Crippen LogP contribution in [0.25, 0.3) is 0 Å². The van der Waals surface area contributed by atoms with Crippen LogP contribution in [0, 0.1) is 0 Å². The average molecular weight is 304 g/mol. The Morgan fingerprint density at radius 1 is 1.05 bits per heavy atom. The van der Waals surface area contributed by atoms with Crippen molar-refractivity contribution in [3.63, 3.8) is 0 Å². The number of nitrogens with zero attached hydrogens (tertiary/aromatic N) is 2. The fourth-order valence-electron chi connectivity index (χ4n) is 2.75. The summed E-state index contributed by atoms with van der Waals surface area (Å²) in [6.45, 7) is 5.47. The molecule has 0 spiro atoms. The van der Waals surface area contributed by atoms with Crippen LogP contribution in [-0.2, 0) is 16.1 Å². The van der Waals surface area contributed by atoms with Gasteiger partial charge in [0, 0.05) is 37.7 Å². The maximum absolute atomic E-state index is 12.5. The van der Waals surface area contributed by atoms with Crippen LogP contribution in [-0.4, -0.2) is 61.1 Å². The zero-order chi connectivity index (χ0) is 15.5. The van der Waals surface area contributed by atoms with E-state index in [0.717, 1.165) is 11.3 Å². The number of hydrogen-bond donors (Lipinski definition) is 0. The lowest BCUT2D eigenvalue weighted by Crippen LogP contribution is -2.40. The molecule has 0 atom stereocenters. The molecule has 0 aromatic heterocycles. The first-order valence-electron chi connectivity index (χ1n) is 7.53. The van der Waals surface area contributed by atoms with Gasteiger partial charge in [0.15, 0.2) is 0 Å². The van der Waals surface area contributed by atoms with E-state index in [2.05, 4.69) is 0 Å². The predicted octanol–water partition coefficient (Wildman–Crippen LogP) is 0.900. The van der Waals surface area contributed by atoms with Crippen LogP contribution < -0.4 is 4.74 Å². The van der Waals surface area contributed by atoms with Crippen molar-refractivity contribution < 1.29 is 19.1 Å². The van der Waals surface area contributed by atoms with E-state index in [4.69, 9.17) is 9.47 Å². The van der Waals surface area contributed by atoms with E-state index >= 15 is 0 Å². The molecule has 118 valence electrons. The molecule has 1 saturated heterocycles. The molecule has 3 rings (SSSR count). The number of rotatable bonds is 1. The van der Waals surface area contributed by atoms with Crippen LogP contribution in [0.2, 0.25) is 0 Å². The third-order valence-electron chi connectivity index (χ3n) is 4.03. The molecular formula is C16H20N2O4. The summed E-state index contributed by atoms with van der Waals surface area (Å²) in [5.41, 5.74) is 1.52. The van der Waals surface area contributed by atoms with Gasteiger partial charge in [-0.2, -0.15) is 0 Å². The van der Waals surface area contributed by atoms with Gasteiger partial charge in [-0.25, -0.2) is 0 Å². The maximum Gasteiger partial charge on any atom is 0.254 e. The molecule has 1 aromatic carbocycles. The third kappa shape index (κ3) is 3.06. The normalized spacial score (nSPS) is 18.2. The second kappa shape index (κ2) is 6.36. The van der Waals surface area contributed by atoms with E-state index < -0.39 is 0 Å². The molecule has 6 heteroatoms. The number of morpholine rings is 1. The van der Waals surface area contributed by atoms with Crippen molar-refractivity contribution in [2.75, 3.05) is 39.5 Å². The van der Waals surface area contributed by atoms with Crippen molar-refractivity contribution in [2.45, 2.75) is 13.5 Å². The van der Waals surface area contributed by atoms with E-state index in [0.29, 0.717) is 51.6 Å². The van der Waals surface area contributed by atoms with Crippen molar-refractivity contribution in [1.82, 2.24) is 9.80 Å². The van der Waals surface area contributed by atoms with Crippen molar-refractivity contribution >= 4 is 11.8 Å². The molecule has 2 amide bonds. The maximum atomic E-state index is 12.5. The molecule has 0 radical (unpaired) electrons. The molecule has 0 bridgehead atoms. The van der Waals surface area contributed by atoms with Crippen LogP contribution in [0.3, 0.4) is 0 Å². The molecule has 0 saturated carbocycles. The van der Waals surface area contributed by atoms with Crippen molar-refractivity contribution in [1.29, 1.82) is 0 Å². The molecule has 22 heavy (non-hydrogen) atoms. The summed E-state index contributed by atoms with van der Waals surface area (Å²) in [6, 6.07) is 5.46. The highest BCUT2D eigenvalue weighted by Gasteiger charge is 2.22. The van der Waals surface area contributed by atoms with E-state index in [1.807, 2.05) is 12.1 Å². The van der Waals surface area contributed by atoms with Gasteiger partial charge in [0.2, 0.25) is 5.91 Å². The Morgan fingerprint density at radius 3 is 2.50 bits per heavy atom. The second-order valence-electron chi connectivity index (χ2n) is 5.52. The van der Waals surface area contributed by atoms with Gasteiger partial charge >= 0.3 is 0 Å². The minimum Gasteiger partial charge on any atom is -0.491 e. The number of benzene rings is 1. The lowest BCUT2D eigenvalue weighted by atomic mass is 10.1. The zero-order valence-corrected chi connectivity index (χ0v) is 12.7. The molecule has 6 nitrogen and oxygen atoms in total. The van der Waals surface area contributed by atoms with Gasteiger partial charge in [0.25, 0.3) is 5.91 Å². The first-order chi connectivity index (χ1) is 10.6. The molecule has 1 aromatic rings. The number of hydrogen-bond acceptors (Lipinski definition) is 4. The lowest BCUT2D eigenvalue weighted by Gasteiger charge is -2.27. The van der Waals surface area contributed by atoms with Gasteiger partial charge < -0.3 is 19.3 Å². The smallest absolute Gasteiger partial charge is 0.254 e. The van der Waals surface area contributed by atoms with Crippen LogP contribution >= 0.6 is 0 Å². The minimum absolute atomic E-state index is 0.00437. The fourth-order valence-corrected chi connectivity index (χ4v) is 2.75. The van der Waals surface area contributed by atoms with Crippen LogP contribution in [0.15, 0.2) is 18.2 Å². The fraction of sp³-hybridized carbons (Fsp3) is 0.500. The standard InChI is InChI=1S/C16H20N2O4/c1-12(19)18-6-9-22-15-3-2-13(10-14(15)11-18)16(20)17-4-7-21-8-5-17/h2-3,10H,4-9,11H2,1H3. The Kier molecular flexibility index (Phi) is 4.29. The summed E-state index contributed by atoms with van der Waals surface area (Å²) in [5, 5.41) is 0. The molecule has 0 unspecified atom stereocenters. The average Bonchev–Trinajstić information content (AvgIpc) is 2.76. The molecule has 0 N–H and O–H groups in total. The molecular weight excluding hydrogens is 284 g/mol. The van der Waals surface area contributed by atoms with E-state index in [9.17, 15) is 9.59 Å². The number of carbonyl (C=O) groups is 2. The van der Waals surface area contributed by atoms with Crippen LogP contribution in [0.4, 0.5) is 0 Å². The quantitative estimate of drug-likeness (QED) is 0.773. The Morgan fingerprint density at radius 2 is 1.77 bits per heavy atom. The van der Waals surface area contributed by atoms with E-state index in [1.54, 1.807) is 22.8 Å². The highest BCUT2D eigenvalue weighted by atomic mass is 16.5. The second-order valence-corrected chi connectivity index (χ2v) is 5.52. The number of fused-ring (bicyclic) bond motifs is 1. The first-order valence-corrected chi connectivity index (χ1v) is 7.53. The lowest BCUT2D eigenvalue weighted by molar-refractivity contribution is -0.129. The SMILES string of the molecule is CC(=O)N1CCOc2ccc(C(=O)N3CCOCC3)cc2C1. The summed E-state index contributed by atoms with van der Waals surface area (Å²) in [4.78, 5) is 27.7. The Balaban J connectivity index is 1.82. The van der Waals surface area contributed by atoms with Gasteiger partial charge in [0.05, 0.1) is 19.8 Å². The van der Waals surface area contributed by atoms with E-state index in [1.165, 1.54) is 0 Å². The Bertz CT molecular complexity index is 582. The van der Waals surface area contributed by atoms with Gasteiger partial charge in [-0.15, -0.1) is 0 Å². The number of amides is 2. The summed E-state index contributed by atoms with van der Waals surface area (Å²) in [7, 11) is 0. The Labute approximate surface area is 129 Å². The van der Waals surface area contributed by atoms with Crippen molar-refractivity contribution in [3.8, 4) is 5.75 Å². The third-order valence-corrected chi connectivity index (χ3v) is 4.03. The minimum atomic E-state index is 0.00437.